The summed E-state index contributed by atoms with van der Waals surface area (Å²) in [5.74, 6) is -0.295. The van der Waals surface area contributed by atoms with Gasteiger partial charge in [0.1, 0.15) is 28.0 Å². The minimum atomic E-state index is -3.54. The van der Waals surface area contributed by atoms with Crippen molar-refractivity contribution in [1.82, 2.24) is 28.8 Å². The molecule has 0 unspecified atom stereocenters. The second-order valence-electron chi connectivity index (χ2n) is 7.29. The third-order valence-electron chi connectivity index (χ3n) is 5.28. The molecule has 0 spiro atoms. The molecule has 4 heterocycles. The highest BCUT2D eigenvalue weighted by atomic mass is 32.2. The van der Waals surface area contributed by atoms with Gasteiger partial charge >= 0.3 is 5.69 Å². The number of hydrogen-bond acceptors (Lipinski definition) is 8. The lowest BCUT2D eigenvalue weighted by molar-refractivity contribution is -0.386. The second kappa shape index (κ2) is 8.44. The Balaban J connectivity index is 1.41. The molecule has 0 N–H and O–H groups in total. The fraction of sp³-hybridized carbons (Fsp3) is 0.389. The van der Waals surface area contributed by atoms with E-state index in [1.54, 1.807) is 48.5 Å². The molecular weight excluding hydrogens is 458 g/mol. The number of sulfonamides is 1. The highest BCUT2D eigenvalue weighted by Gasteiger charge is 2.31. The van der Waals surface area contributed by atoms with Gasteiger partial charge in [0.2, 0.25) is 0 Å². The maximum Gasteiger partial charge on any atom is 0.312 e. The number of hydrogen-bond donors (Lipinski definition) is 0. The number of aryl methyl sites for hydroxylation is 1. The van der Waals surface area contributed by atoms with Crippen LogP contribution in [0.15, 0.2) is 34.0 Å². The first-order valence-corrected chi connectivity index (χ1v) is 12.0. The van der Waals surface area contributed by atoms with Crippen LogP contribution in [0.25, 0.3) is 0 Å². The molecular formula is C18H21N7O5S2. The summed E-state index contributed by atoms with van der Waals surface area (Å²) < 4.78 is 29.9. The smallest absolute Gasteiger partial charge is 0.312 e. The van der Waals surface area contributed by atoms with Crippen molar-refractivity contribution in [2.24, 2.45) is 0 Å². The molecule has 1 aliphatic heterocycles. The van der Waals surface area contributed by atoms with Crippen LogP contribution >= 0.6 is 11.3 Å². The predicted molar refractivity (Wildman–Crippen MR) is 115 cm³/mol. The summed E-state index contributed by atoms with van der Waals surface area (Å²) in [5.41, 5.74) is 0.893. The van der Waals surface area contributed by atoms with Gasteiger partial charge in [-0.05, 0) is 31.4 Å². The van der Waals surface area contributed by atoms with Gasteiger partial charge in [-0.1, -0.05) is 6.07 Å². The molecule has 1 amide bonds. The minimum absolute atomic E-state index is 0.0381. The van der Waals surface area contributed by atoms with E-state index in [1.807, 2.05) is 0 Å². The maximum absolute atomic E-state index is 12.8. The average Bonchev–Trinajstić information content (AvgIpc) is 3.49. The molecule has 0 atom stereocenters. The van der Waals surface area contributed by atoms with Crippen molar-refractivity contribution in [3.8, 4) is 0 Å². The molecule has 0 bridgehead atoms. The summed E-state index contributed by atoms with van der Waals surface area (Å²) in [6.45, 7) is 4.25. The number of carbonyl (C=O) groups excluding carboxylic acids is 1. The Labute approximate surface area is 187 Å². The number of thiophene rings is 1. The van der Waals surface area contributed by atoms with Gasteiger partial charge in [-0.15, -0.1) is 11.3 Å². The van der Waals surface area contributed by atoms with E-state index >= 15 is 0 Å². The fourth-order valence-corrected chi connectivity index (χ4v) is 6.18. The van der Waals surface area contributed by atoms with Gasteiger partial charge in [-0.3, -0.25) is 19.6 Å². The lowest BCUT2D eigenvalue weighted by Gasteiger charge is -2.33. The Kier molecular flexibility index (Phi) is 5.83. The normalized spacial score (nSPS) is 15.2. The molecule has 14 heteroatoms. The third kappa shape index (κ3) is 4.03. The zero-order chi connectivity index (χ0) is 23.0. The van der Waals surface area contributed by atoms with Crippen LogP contribution in [0.5, 0.6) is 0 Å². The summed E-state index contributed by atoms with van der Waals surface area (Å²) in [5, 5.41) is 21.3. The molecule has 1 fully saturated rings. The van der Waals surface area contributed by atoms with Crippen molar-refractivity contribution < 1.29 is 18.1 Å². The maximum atomic E-state index is 12.8. The van der Waals surface area contributed by atoms with Crippen LogP contribution in [-0.4, -0.2) is 74.2 Å². The standard InChI is InChI=1S/C18H21N7O5S2/c1-13-17(25(27)28)14(2)24(19-13)12-22-6-5-15(20-22)18(26)21-7-9-23(10-8-21)32(29,30)16-4-3-11-31-16/h3-6,11H,7-10,12H2,1-2H3. The van der Waals surface area contributed by atoms with Crippen LogP contribution in [0.4, 0.5) is 5.69 Å². The molecule has 1 saturated heterocycles. The Morgan fingerprint density at radius 3 is 2.50 bits per heavy atom. The van der Waals surface area contributed by atoms with Crippen molar-refractivity contribution in [2.45, 2.75) is 24.7 Å². The van der Waals surface area contributed by atoms with Gasteiger partial charge < -0.3 is 4.90 Å². The van der Waals surface area contributed by atoms with E-state index in [0.29, 0.717) is 15.6 Å². The zero-order valence-corrected chi connectivity index (χ0v) is 19.0. The highest BCUT2D eigenvalue weighted by Crippen LogP contribution is 2.23. The molecule has 0 saturated carbocycles. The number of carbonyl (C=O) groups is 1. The number of piperazine rings is 1. The van der Waals surface area contributed by atoms with E-state index in [4.69, 9.17) is 0 Å². The molecule has 170 valence electrons. The van der Waals surface area contributed by atoms with E-state index in [2.05, 4.69) is 10.2 Å². The summed E-state index contributed by atoms with van der Waals surface area (Å²) >= 11 is 1.17. The summed E-state index contributed by atoms with van der Waals surface area (Å²) in [4.78, 5) is 25.1. The Bertz CT molecular complexity index is 1250. The van der Waals surface area contributed by atoms with Crippen LogP contribution < -0.4 is 0 Å². The van der Waals surface area contributed by atoms with Gasteiger partial charge in [-0.25, -0.2) is 13.1 Å². The summed E-state index contributed by atoms with van der Waals surface area (Å²) in [6, 6.07) is 4.83. The van der Waals surface area contributed by atoms with Gasteiger partial charge in [-0.2, -0.15) is 14.5 Å². The van der Waals surface area contributed by atoms with Crippen LogP contribution in [0.3, 0.4) is 0 Å². The first kappa shape index (κ1) is 22.1. The summed E-state index contributed by atoms with van der Waals surface area (Å²) in [7, 11) is -3.54. The molecule has 0 radical (unpaired) electrons. The fourth-order valence-electron chi connectivity index (χ4n) is 3.61. The van der Waals surface area contributed by atoms with Crippen LogP contribution in [0.1, 0.15) is 21.9 Å². The summed E-state index contributed by atoms with van der Waals surface area (Å²) in [6.07, 6.45) is 1.60. The predicted octanol–water partition coefficient (Wildman–Crippen LogP) is 1.32. The SMILES string of the molecule is Cc1nn(Cn2ccc(C(=O)N3CCN(S(=O)(=O)c4cccs4)CC3)n2)c(C)c1[N+](=O)[O-]. The van der Waals surface area contributed by atoms with Crippen molar-refractivity contribution in [2.75, 3.05) is 26.2 Å². The van der Waals surface area contributed by atoms with Gasteiger partial charge in [0.15, 0.2) is 0 Å². The largest absolute Gasteiger partial charge is 0.335 e. The van der Waals surface area contributed by atoms with Crippen LogP contribution in [-0.2, 0) is 16.7 Å². The molecule has 0 aliphatic carbocycles. The van der Waals surface area contributed by atoms with Gasteiger partial charge in [0, 0.05) is 32.4 Å². The average molecular weight is 480 g/mol. The number of amides is 1. The number of nitrogens with zero attached hydrogens (tertiary/aromatic N) is 7. The third-order valence-corrected chi connectivity index (χ3v) is 8.55. The van der Waals surface area contributed by atoms with E-state index < -0.39 is 14.9 Å². The van der Waals surface area contributed by atoms with E-state index in [-0.39, 0.29) is 50.1 Å². The molecule has 32 heavy (non-hydrogen) atoms. The number of nitro groups is 1. The van der Waals surface area contributed by atoms with E-state index in [9.17, 15) is 23.3 Å². The molecule has 0 aromatic carbocycles. The monoisotopic (exact) mass is 479 g/mol. The Morgan fingerprint density at radius 2 is 1.91 bits per heavy atom. The Hall–Kier alpha value is -3.10. The topological polar surface area (TPSA) is 136 Å². The quantitative estimate of drug-likeness (QED) is 0.384. The Morgan fingerprint density at radius 1 is 1.19 bits per heavy atom. The molecule has 4 rings (SSSR count). The lowest BCUT2D eigenvalue weighted by Crippen LogP contribution is -2.50. The van der Waals surface area contributed by atoms with Crippen molar-refractivity contribution in [1.29, 1.82) is 0 Å². The lowest BCUT2D eigenvalue weighted by atomic mass is 10.3. The molecule has 12 nitrogen and oxygen atoms in total. The van der Waals surface area contributed by atoms with Gasteiger partial charge in [0.25, 0.3) is 15.9 Å². The molecule has 3 aromatic rings. The second-order valence-corrected chi connectivity index (χ2v) is 10.4. The van der Waals surface area contributed by atoms with E-state index in [0.717, 1.165) is 0 Å². The molecule has 1 aliphatic rings. The highest BCUT2D eigenvalue weighted by molar-refractivity contribution is 7.91. The van der Waals surface area contributed by atoms with Crippen LogP contribution in [0.2, 0.25) is 0 Å². The van der Waals surface area contributed by atoms with Crippen molar-refractivity contribution in [3.63, 3.8) is 0 Å². The first-order valence-electron chi connectivity index (χ1n) is 9.73. The van der Waals surface area contributed by atoms with Crippen molar-refractivity contribution >= 4 is 33.0 Å². The first-order chi connectivity index (χ1) is 15.2. The molecule has 3 aromatic heterocycles. The van der Waals surface area contributed by atoms with Crippen LogP contribution in [0, 0.1) is 24.0 Å². The van der Waals surface area contributed by atoms with Gasteiger partial charge in [0.05, 0.1) is 4.92 Å². The van der Waals surface area contributed by atoms with Crippen molar-refractivity contribution in [3.05, 3.63) is 57.0 Å². The zero-order valence-electron chi connectivity index (χ0n) is 17.4. The number of aromatic nitrogens is 4. The minimum Gasteiger partial charge on any atom is -0.335 e. The number of rotatable bonds is 6. The van der Waals surface area contributed by atoms with E-state index in [1.165, 1.54) is 25.0 Å².